The van der Waals surface area contributed by atoms with Crippen LogP contribution in [-0.2, 0) is 14.8 Å². The van der Waals surface area contributed by atoms with E-state index in [2.05, 4.69) is 4.72 Å². The van der Waals surface area contributed by atoms with Crippen LogP contribution in [0.4, 0.5) is 0 Å². The third kappa shape index (κ3) is 2.91. The van der Waals surface area contributed by atoms with Gasteiger partial charge in [0.05, 0.1) is 10.6 Å². The highest BCUT2D eigenvalue weighted by Crippen LogP contribution is 2.55. The molecule has 0 aliphatic heterocycles. The number of ketones is 1. The molecule has 7 nitrogen and oxygen atoms in total. The summed E-state index contributed by atoms with van der Waals surface area (Å²) in [6, 6.07) is 6.09. The van der Waals surface area contributed by atoms with E-state index in [1.165, 1.54) is 16.7 Å². The number of Topliss-reactive ketones (excluding diaryl/α,β-unsaturated/α-hetero) is 1. The molecule has 2 atom stereocenters. The maximum atomic E-state index is 12.5. The Balaban J connectivity index is 1.77. The summed E-state index contributed by atoms with van der Waals surface area (Å²) < 4.78 is 28.8. The summed E-state index contributed by atoms with van der Waals surface area (Å²) in [7, 11) is -3.69. The van der Waals surface area contributed by atoms with Crippen LogP contribution in [0.25, 0.3) is 5.69 Å². The predicted molar refractivity (Wildman–Crippen MR) is 104 cm³/mol. The van der Waals surface area contributed by atoms with E-state index in [9.17, 15) is 23.4 Å². The van der Waals surface area contributed by atoms with Gasteiger partial charge in [-0.3, -0.25) is 9.36 Å². The number of carbonyl (C=O) groups is 1. The summed E-state index contributed by atoms with van der Waals surface area (Å²) in [6.45, 7) is 2.33. The Morgan fingerprint density at radius 1 is 1.18 bits per heavy atom. The minimum Gasteiger partial charge on any atom is -0.494 e. The van der Waals surface area contributed by atoms with Crippen molar-refractivity contribution in [2.75, 3.05) is 6.54 Å². The molecule has 5 rings (SSSR count). The zero-order valence-electron chi connectivity index (χ0n) is 15.7. The van der Waals surface area contributed by atoms with Crippen LogP contribution in [0.15, 0.2) is 29.2 Å². The summed E-state index contributed by atoms with van der Waals surface area (Å²) >= 11 is 0. The van der Waals surface area contributed by atoms with E-state index in [1.807, 2.05) is 6.92 Å². The zero-order valence-corrected chi connectivity index (χ0v) is 16.5. The summed E-state index contributed by atoms with van der Waals surface area (Å²) in [5.41, 5.74) is 1.47. The normalized spacial score (nSPS) is 21.1. The number of unbranched alkanes of at least 4 members (excludes halogenated alkanes) is 1. The van der Waals surface area contributed by atoms with Crippen molar-refractivity contribution in [3.05, 3.63) is 35.4 Å². The molecule has 3 N–H and O–H groups in total. The van der Waals surface area contributed by atoms with Crippen molar-refractivity contribution in [1.29, 1.82) is 0 Å². The average molecular weight is 404 g/mol. The molecular weight excluding hydrogens is 380 g/mol. The number of benzene rings is 1. The second-order valence-electron chi connectivity index (χ2n) is 7.56. The van der Waals surface area contributed by atoms with Crippen molar-refractivity contribution in [3.8, 4) is 17.4 Å². The molecule has 1 aromatic carbocycles. The van der Waals surface area contributed by atoms with E-state index in [0.717, 1.165) is 19.3 Å². The number of hydrogen-bond acceptors (Lipinski definition) is 5. The second kappa shape index (κ2) is 6.93. The van der Waals surface area contributed by atoms with Crippen LogP contribution in [0.5, 0.6) is 11.8 Å². The lowest BCUT2D eigenvalue weighted by Gasteiger charge is -2.34. The molecule has 0 radical (unpaired) electrons. The van der Waals surface area contributed by atoms with Crippen LogP contribution >= 0.6 is 0 Å². The molecule has 3 aliphatic rings. The zero-order chi connectivity index (χ0) is 20.1. The Kier molecular flexibility index (Phi) is 4.71. The van der Waals surface area contributed by atoms with Gasteiger partial charge in [0.25, 0.3) is 0 Å². The van der Waals surface area contributed by atoms with E-state index < -0.39 is 15.9 Å². The smallest absolute Gasteiger partial charge is 0.240 e. The number of carbonyl (C=O) groups excluding carboxylic acids is 1. The Morgan fingerprint density at radius 3 is 2.64 bits per heavy atom. The van der Waals surface area contributed by atoms with E-state index in [4.69, 9.17) is 0 Å². The lowest BCUT2D eigenvalue weighted by atomic mass is 9.67. The van der Waals surface area contributed by atoms with Crippen LogP contribution < -0.4 is 4.72 Å². The van der Waals surface area contributed by atoms with Gasteiger partial charge in [-0.15, -0.1) is 0 Å². The molecule has 28 heavy (non-hydrogen) atoms. The number of aromatic hydroxyl groups is 2. The van der Waals surface area contributed by atoms with E-state index in [-0.39, 0.29) is 28.4 Å². The van der Waals surface area contributed by atoms with Crippen molar-refractivity contribution in [2.45, 2.75) is 55.8 Å². The largest absolute Gasteiger partial charge is 0.494 e. The van der Waals surface area contributed by atoms with Crippen LogP contribution in [0.2, 0.25) is 0 Å². The quantitative estimate of drug-likeness (QED) is 0.642. The lowest BCUT2D eigenvalue weighted by Crippen LogP contribution is -2.28. The summed E-state index contributed by atoms with van der Waals surface area (Å²) in [5.74, 6) is -0.684. The van der Waals surface area contributed by atoms with Gasteiger partial charge in [-0.05, 0) is 43.4 Å². The van der Waals surface area contributed by atoms with E-state index in [0.29, 0.717) is 36.2 Å². The third-order valence-electron chi connectivity index (χ3n) is 5.80. The number of rotatable bonds is 6. The first kappa shape index (κ1) is 19.0. The first-order valence-electron chi connectivity index (χ1n) is 9.64. The van der Waals surface area contributed by atoms with Gasteiger partial charge in [0.2, 0.25) is 21.8 Å². The number of hydrogen-bond donors (Lipinski definition) is 3. The maximum Gasteiger partial charge on any atom is 0.240 e. The van der Waals surface area contributed by atoms with Gasteiger partial charge < -0.3 is 10.2 Å². The highest BCUT2D eigenvalue weighted by atomic mass is 32.2. The van der Waals surface area contributed by atoms with Gasteiger partial charge in [-0.1, -0.05) is 19.4 Å². The number of fused-ring (bicyclic) bond motifs is 2. The molecular formula is C20H24N2O5S. The fraction of sp³-hybridized carbons (Fsp3) is 0.450. The number of aromatic nitrogens is 1. The molecule has 2 bridgehead atoms. The minimum atomic E-state index is -3.69. The Labute approximate surface area is 164 Å². The van der Waals surface area contributed by atoms with Gasteiger partial charge in [-0.2, -0.15) is 0 Å². The minimum absolute atomic E-state index is 0.0608. The molecule has 0 saturated heterocycles. The number of nitrogens with one attached hydrogen (secondary N) is 1. The van der Waals surface area contributed by atoms with Crippen molar-refractivity contribution >= 4 is 15.8 Å². The summed E-state index contributed by atoms with van der Waals surface area (Å²) in [6.07, 6.45) is 3.46. The van der Waals surface area contributed by atoms with Gasteiger partial charge >= 0.3 is 0 Å². The predicted octanol–water partition coefficient (Wildman–Crippen LogP) is 2.90. The first-order valence-corrected chi connectivity index (χ1v) is 11.1. The van der Waals surface area contributed by atoms with Crippen molar-refractivity contribution < 1.29 is 23.4 Å². The standard InChI is InChI=1S/C20H24N2O5S/c1-2-3-9-21-28(26,27)14-6-4-5-13(11-14)22-19(24)17-12-7-8-15(16(23)10-12)18(17)20(22)25/h4-6,11-12,15,21,24-25H,2-3,7-10H2,1H3/t12-,15+/m1/s1. The average Bonchev–Trinajstić information content (AvgIpc) is 2.95. The Morgan fingerprint density at radius 2 is 1.93 bits per heavy atom. The molecule has 1 aromatic heterocycles. The summed E-state index contributed by atoms with van der Waals surface area (Å²) in [4.78, 5) is 12.3. The Bertz CT molecular complexity index is 1040. The highest BCUT2D eigenvalue weighted by Gasteiger charge is 2.45. The molecule has 3 aliphatic carbocycles. The van der Waals surface area contributed by atoms with Gasteiger partial charge in [0, 0.05) is 30.0 Å². The van der Waals surface area contributed by atoms with Gasteiger partial charge in [0.15, 0.2) is 0 Å². The van der Waals surface area contributed by atoms with E-state index >= 15 is 0 Å². The lowest BCUT2D eigenvalue weighted by molar-refractivity contribution is -0.123. The molecule has 150 valence electrons. The van der Waals surface area contributed by atoms with Crippen molar-refractivity contribution in [3.63, 3.8) is 0 Å². The third-order valence-corrected chi connectivity index (χ3v) is 7.26. The monoisotopic (exact) mass is 404 g/mol. The fourth-order valence-corrected chi connectivity index (χ4v) is 5.51. The molecule has 0 spiro atoms. The topological polar surface area (TPSA) is 109 Å². The number of nitrogens with zero attached hydrogens (tertiary/aromatic N) is 1. The molecule has 0 unspecified atom stereocenters. The number of sulfonamides is 1. The molecule has 0 amide bonds. The first-order chi connectivity index (χ1) is 13.3. The fourth-order valence-electron chi connectivity index (χ4n) is 4.40. The molecule has 2 aromatic rings. The maximum absolute atomic E-state index is 12.5. The molecule has 1 saturated carbocycles. The van der Waals surface area contributed by atoms with E-state index in [1.54, 1.807) is 12.1 Å². The van der Waals surface area contributed by atoms with Crippen LogP contribution in [-0.4, -0.2) is 35.5 Å². The van der Waals surface area contributed by atoms with Crippen molar-refractivity contribution in [1.82, 2.24) is 9.29 Å². The molecule has 1 heterocycles. The SMILES string of the molecule is CCCCNS(=O)(=O)c1cccc(-n2c(O)c3c(c2O)[C@H]2CC[C@@H]3CC2=O)c1. The van der Waals surface area contributed by atoms with Crippen LogP contribution in [0.3, 0.4) is 0 Å². The van der Waals surface area contributed by atoms with Crippen molar-refractivity contribution in [2.24, 2.45) is 0 Å². The molecule has 1 fully saturated rings. The van der Waals surface area contributed by atoms with Crippen LogP contribution in [0, 0.1) is 0 Å². The van der Waals surface area contributed by atoms with Crippen LogP contribution in [0.1, 0.15) is 62.0 Å². The highest BCUT2D eigenvalue weighted by molar-refractivity contribution is 7.89. The Hall–Kier alpha value is -2.32. The van der Waals surface area contributed by atoms with Gasteiger partial charge in [0.1, 0.15) is 5.78 Å². The van der Waals surface area contributed by atoms with Gasteiger partial charge in [-0.25, -0.2) is 13.1 Å². The summed E-state index contributed by atoms with van der Waals surface area (Å²) in [5, 5.41) is 21.6. The molecule has 8 heteroatoms. The second-order valence-corrected chi connectivity index (χ2v) is 9.32.